The number of para-hydroxylation sites is 1. The van der Waals surface area contributed by atoms with Crippen LogP contribution in [0.15, 0.2) is 24.3 Å². The molecule has 1 atom stereocenters. The number of phenols is 1. The number of amides is 1. The molecule has 5 heteroatoms. The maximum atomic E-state index is 11.7. The molecule has 0 spiro atoms. The van der Waals surface area contributed by atoms with Gasteiger partial charge in [0.1, 0.15) is 11.3 Å². The Bertz CT molecular complexity index is 458. The van der Waals surface area contributed by atoms with Crippen molar-refractivity contribution in [2.75, 3.05) is 13.6 Å². The number of aromatic hydroxyl groups is 1. The van der Waals surface area contributed by atoms with Gasteiger partial charge in [0.2, 0.25) is 0 Å². The molecule has 90 valence electrons. The molecule has 1 aromatic carbocycles. The van der Waals surface area contributed by atoms with Gasteiger partial charge in [-0.2, -0.15) is 0 Å². The molecule has 0 aliphatic carbocycles. The maximum absolute atomic E-state index is 11.7. The second-order valence-corrected chi connectivity index (χ2v) is 3.96. The van der Waals surface area contributed by atoms with Crippen LogP contribution in [-0.4, -0.2) is 41.6 Å². The van der Waals surface area contributed by atoms with Crippen molar-refractivity contribution in [3.8, 4) is 5.75 Å². The Hall–Kier alpha value is -2.04. The van der Waals surface area contributed by atoms with Gasteiger partial charge in [-0.3, -0.25) is 4.79 Å². The molecular formula is C12H13NO4. The molecule has 0 saturated carbocycles. The topological polar surface area (TPSA) is 66.8 Å². The SMILES string of the molecule is CN1CCC(OC(=O)c2ccccc2O)C1=O. The predicted octanol–water partition coefficient (Wildman–Crippen LogP) is 0.780. The molecule has 17 heavy (non-hydrogen) atoms. The summed E-state index contributed by atoms with van der Waals surface area (Å²) in [7, 11) is 1.66. The molecule has 1 heterocycles. The molecule has 1 aromatic rings. The highest BCUT2D eigenvalue weighted by Crippen LogP contribution is 2.20. The Morgan fingerprint density at radius 1 is 1.47 bits per heavy atom. The second kappa shape index (κ2) is 4.45. The van der Waals surface area contributed by atoms with Crippen LogP contribution in [0, 0.1) is 0 Å². The van der Waals surface area contributed by atoms with Gasteiger partial charge in [-0.15, -0.1) is 0 Å². The average molecular weight is 235 g/mol. The normalized spacial score (nSPS) is 19.5. The number of phenolic OH excluding ortho intramolecular Hbond substituents is 1. The zero-order chi connectivity index (χ0) is 12.4. The third kappa shape index (κ3) is 2.22. The van der Waals surface area contributed by atoms with E-state index in [4.69, 9.17) is 4.74 Å². The van der Waals surface area contributed by atoms with Gasteiger partial charge in [-0.05, 0) is 12.1 Å². The summed E-state index contributed by atoms with van der Waals surface area (Å²) >= 11 is 0. The first-order chi connectivity index (χ1) is 8.09. The molecular weight excluding hydrogens is 222 g/mol. The van der Waals surface area contributed by atoms with E-state index in [0.29, 0.717) is 13.0 Å². The van der Waals surface area contributed by atoms with Crippen LogP contribution >= 0.6 is 0 Å². The number of hydrogen-bond donors (Lipinski definition) is 1. The molecule has 1 N–H and O–H groups in total. The lowest BCUT2D eigenvalue weighted by molar-refractivity contribution is -0.133. The Morgan fingerprint density at radius 2 is 2.18 bits per heavy atom. The summed E-state index contributed by atoms with van der Waals surface area (Å²) in [4.78, 5) is 24.8. The summed E-state index contributed by atoms with van der Waals surface area (Å²) in [6.45, 7) is 0.581. The van der Waals surface area contributed by atoms with E-state index < -0.39 is 12.1 Å². The first-order valence-corrected chi connectivity index (χ1v) is 5.33. The van der Waals surface area contributed by atoms with Crippen molar-refractivity contribution < 1.29 is 19.4 Å². The van der Waals surface area contributed by atoms with E-state index in [0.717, 1.165) is 0 Å². The quantitative estimate of drug-likeness (QED) is 0.769. The summed E-state index contributed by atoms with van der Waals surface area (Å²) in [5.41, 5.74) is 0.0786. The summed E-state index contributed by atoms with van der Waals surface area (Å²) in [5, 5.41) is 9.48. The summed E-state index contributed by atoms with van der Waals surface area (Å²) in [6.07, 6.45) is -0.235. The molecule has 1 fully saturated rings. The number of carbonyl (C=O) groups is 2. The van der Waals surface area contributed by atoms with Crippen molar-refractivity contribution in [2.24, 2.45) is 0 Å². The fourth-order valence-corrected chi connectivity index (χ4v) is 1.74. The van der Waals surface area contributed by atoms with Crippen molar-refractivity contribution in [3.63, 3.8) is 0 Å². The molecule has 0 aromatic heterocycles. The van der Waals surface area contributed by atoms with Gasteiger partial charge in [0.05, 0.1) is 0 Å². The van der Waals surface area contributed by atoms with Crippen LogP contribution in [0.25, 0.3) is 0 Å². The Labute approximate surface area is 98.6 Å². The Morgan fingerprint density at radius 3 is 2.76 bits per heavy atom. The second-order valence-electron chi connectivity index (χ2n) is 3.96. The minimum Gasteiger partial charge on any atom is -0.507 e. The van der Waals surface area contributed by atoms with Crippen molar-refractivity contribution in [2.45, 2.75) is 12.5 Å². The van der Waals surface area contributed by atoms with Gasteiger partial charge < -0.3 is 14.7 Å². The number of carbonyl (C=O) groups excluding carboxylic acids is 2. The van der Waals surface area contributed by atoms with E-state index in [1.165, 1.54) is 17.0 Å². The molecule has 5 nitrogen and oxygen atoms in total. The summed E-state index contributed by atoms with van der Waals surface area (Å²) in [6, 6.07) is 6.10. The number of likely N-dealkylation sites (tertiary alicyclic amines) is 1. The lowest BCUT2D eigenvalue weighted by Gasteiger charge is -2.12. The van der Waals surface area contributed by atoms with Crippen LogP contribution in [0.5, 0.6) is 5.75 Å². The van der Waals surface area contributed by atoms with E-state index >= 15 is 0 Å². The molecule has 0 radical (unpaired) electrons. The van der Waals surface area contributed by atoms with Crippen LogP contribution in [0.2, 0.25) is 0 Å². The molecule has 1 saturated heterocycles. The zero-order valence-corrected chi connectivity index (χ0v) is 9.42. The van der Waals surface area contributed by atoms with Crippen LogP contribution in [-0.2, 0) is 9.53 Å². The molecule has 2 rings (SSSR count). The Kier molecular flexibility index (Phi) is 2.99. The predicted molar refractivity (Wildman–Crippen MR) is 59.6 cm³/mol. The largest absolute Gasteiger partial charge is 0.507 e. The lowest BCUT2D eigenvalue weighted by Crippen LogP contribution is -2.29. The fraction of sp³-hybridized carbons (Fsp3) is 0.333. The number of benzene rings is 1. The average Bonchev–Trinajstić information content (AvgIpc) is 2.61. The molecule has 1 unspecified atom stereocenters. The van der Waals surface area contributed by atoms with E-state index in [1.807, 2.05) is 0 Å². The highest BCUT2D eigenvalue weighted by molar-refractivity contribution is 5.94. The van der Waals surface area contributed by atoms with Crippen LogP contribution < -0.4 is 0 Å². The van der Waals surface area contributed by atoms with Gasteiger partial charge in [-0.25, -0.2) is 4.79 Å². The van der Waals surface area contributed by atoms with E-state index in [1.54, 1.807) is 19.2 Å². The van der Waals surface area contributed by atoms with Gasteiger partial charge in [-0.1, -0.05) is 12.1 Å². The number of ether oxygens (including phenoxy) is 1. The zero-order valence-electron chi connectivity index (χ0n) is 9.42. The monoisotopic (exact) mass is 235 g/mol. The third-order valence-corrected chi connectivity index (χ3v) is 2.75. The number of rotatable bonds is 2. The van der Waals surface area contributed by atoms with E-state index in [2.05, 4.69) is 0 Å². The minimum absolute atomic E-state index is 0.0786. The smallest absolute Gasteiger partial charge is 0.342 e. The highest BCUT2D eigenvalue weighted by Gasteiger charge is 2.32. The third-order valence-electron chi connectivity index (χ3n) is 2.75. The van der Waals surface area contributed by atoms with Crippen LogP contribution in [0.1, 0.15) is 16.8 Å². The first-order valence-electron chi connectivity index (χ1n) is 5.33. The minimum atomic E-state index is -0.730. The number of likely N-dealkylation sites (N-methyl/N-ethyl adjacent to an activating group) is 1. The van der Waals surface area contributed by atoms with Crippen molar-refractivity contribution >= 4 is 11.9 Å². The molecule has 1 amide bonds. The standard InChI is InChI=1S/C12H13NO4/c1-13-7-6-10(11(13)15)17-12(16)8-4-2-3-5-9(8)14/h2-5,10,14H,6-7H2,1H3. The summed E-state index contributed by atoms with van der Waals surface area (Å²) < 4.78 is 5.07. The van der Waals surface area contributed by atoms with Crippen LogP contribution in [0.4, 0.5) is 0 Å². The Balaban J connectivity index is 2.08. The van der Waals surface area contributed by atoms with E-state index in [9.17, 15) is 14.7 Å². The number of hydrogen-bond acceptors (Lipinski definition) is 4. The van der Waals surface area contributed by atoms with Crippen molar-refractivity contribution in [3.05, 3.63) is 29.8 Å². The lowest BCUT2D eigenvalue weighted by atomic mass is 10.2. The van der Waals surface area contributed by atoms with Crippen LogP contribution in [0.3, 0.4) is 0 Å². The molecule has 0 bridgehead atoms. The fourth-order valence-electron chi connectivity index (χ4n) is 1.74. The summed E-state index contributed by atoms with van der Waals surface area (Å²) in [5.74, 6) is -1.01. The van der Waals surface area contributed by atoms with Gasteiger partial charge in [0.15, 0.2) is 6.10 Å². The molecule has 1 aliphatic rings. The van der Waals surface area contributed by atoms with E-state index in [-0.39, 0.29) is 17.2 Å². The van der Waals surface area contributed by atoms with Crippen molar-refractivity contribution in [1.82, 2.24) is 4.90 Å². The van der Waals surface area contributed by atoms with Gasteiger partial charge in [0, 0.05) is 20.0 Å². The first kappa shape index (κ1) is 11.4. The molecule has 1 aliphatic heterocycles. The maximum Gasteiger partial charge on any atom is 0.342 e. The van der Waals surface area contributed by atoms with Crippen molar-refractivity contribution in [1.29, 1.82) is 0 Å². The number of nitrogens with zero attached hydrogens (tertiary/aromatic N) is 1. The number of esters is 1. The van der Waals surface area contributed by atoms with Gasteiger partial charge >= 0.3 is 5.97 Å². The van der Waals surface area contributed by atoms with Gasteiger partial charge in [0.25, 0.3) is 5.91 Å². The highest BCUT2D eigenvalue weighted by atomic mass is 16.5.